The van der Waals surface area contributed by atoms with Crippen LogP contribution in [0.2, 0.25) is 0 Å². The lowest BCUT2D eigenvalue weighted by Crippen LogP contribution is -1.97. The third-order valence-corrected chi connectivity index (χ3v) is 6.65. The van der Waals surface area contributed by atoms with Crippen molar-refractivity contribution >= 4 is 21.5 Å². The van der Waals surface area contributed by atoms with Crippen LogP contribution in [-0.2, 0) is 0 Å². The molecular weight excluding hydrogens is 400 g/mol. The minimum atomic E-state index is 0.914. The molecule has 0 atom stereocenters. The fraction of sp³-hybridized carbons (Fsp3) is 0. The molecule has 7 rings (SSSR count). The van der Waals surface area contributed by atoms with Crippen molar-refractivity contribution in [1.82, 2.24) is 0 Å². The normalized spacial score (nSPS) is 11.9. The second-order valence-corrected chi connectivity index (χ2v) is 8.55. The van der Waals surface area contributed by atoms with Crippen LogP contribution in [-0.4, -0.2) is 0 Å². The number of hydrogen-bond donors (Lipinski definition) is 0. The predicted molar refractivity (Wildman–Crippen MR) is 138 cm³/mol. The molecule has 0 saturated carbocycles. The van der Waals surface area contributed by atoms with Crippen molar-refractivity contribution in [3.05, 3.63) is 121 Å². The van der Waals surface area contributed by atoms with E-state index in [-0.39, 0.29) is 0 Å². The molecule has 0 spiro atoms. The van der Waals surface area contributed by atoms with Gasteiger partial charge in [0.05, 0.1) is 0 Å². The SMILES string of the molecule is c1ccc2c(c1)Oc1cccc3cc(-c4ccccc4-c4cccc5ccccc45)cc-2c13. The maximum atomic E-state index is 6.24. The molecule has 0 radical (unpaired) electrons. The number of benzene rings is 6. The third kappa shape index (κ3) is 2.79. The molecule has 0 fully saturated rings. The Hall–Kier alpha value is -4.36. The maximum absolute atomic E-state index is 6.24. The first-order chi connectivity index (χ1) is 16.4. The summed E-state index contributed by atoms with van der Waals surface area (Å²) in [4.78, 5) is 0. The quantitative estimate of drug-likeness (QED) is 0.271. The van der Waals surface area contributed by atoms with Gasteiger partial charge in [0.1, 0.15) is 11.5 Å². The van der Waals surface area contributed by atoms with E-state index in [1.165, 1.54) is 49.4 Å². The van der Waals surface area contributed by atoms with Gasteiger partial charge in [0.25, 0.3) is 0 Å². The minimum absolute atomic E-state index is 0.914. The van der Waals surface area contributed by atoms with E-state index in [0.29, 0.717) is 0 Å². The van der Waals surface area contributed by atoms with Gasteiger partial charge in [-0.3, -0.25) is 0 Å². The summed E-state index contributed by atoms with van der Waals surface area (Å²) in [7, 11) is 0. The Kier molecular flexibility index (Phi) is 3.91. The molecule has 0 unspecified atom stereocenters. The highest BCUT2D eigenvalue weighted by Gasteiger charge is 2.21. The summed E-state index contributed by atoms with van der Waals surface area (Å²) in [6.45, 7) is 0. The zero-order chi connectivity index (χ0) is 21.8. The fourth-order valence-corrected chi connectivity index (χ4v) is 5.17. The number of ether oxygens (including phenoxy) is 1. The van der Waals surface area contributed by atoms with Crippen molar-refractivity contribution in [2.45, 2.75) is 0 Å². The van der Waals surface area contributed by atoms with Crippen molar-refractivity contribution in [2.75, 3.05) is 0 Å². The second kappa shape index (κ2) is 7.08. The van der Waals surface area contributed by atoms with E-state index in [1.54, 1.807) is 0 Å². The van der Waals surface area contributed by atoms with Crippen LogP contribution in [0, 0.1) is 0 Å². The molecular formula is C32H20O. The van der Waals surface area contributed by atoms with E-state index in [0.717, 1.165) is 17.1 Å². The molecule has 33 heavy (non-hydrogen) atoms. The average molecular weight is 421 g/mol. The van der Waals surface area contributed by atoms with Crippen LogP contribution in [0.1, 0.15) is 0 Å². The monoisotopic (exact) mass is 420 g/mol. The van der Waals surface area contributed by atoms with Gasteiger partial charge in [-0.1, -0.05) is 97.1 Å². The van der Waals surface area contributed by atoms with Gasteiger partial charge in [-0.15, -0.1) is 0 Å². The molecule has 0 N–H and O–H groups in total. The van der Waals surface area contributed by atoms with Gasteiger partial charge in [-0.25, -0.2) is 0 Å². The molecule has 0 aromatic heterocycles. The van der Waals surface area contributed by atoms with Gasteiger partial charge in [-0.2, -0.15) is 0 Å². The number of fused-ring (bicyclic) bond motifs is 3. The molecule has 1 nitrogen and oxygen atoms in total. The van der Waals surface area contributed by atoms with Gasteiger partial charge in [0, 0.05) is 10.9 Å². The minimum Gasteiger partial charge on any atom is -0.456 e. The van der Waals surface area contributed by atoms with Crippen LogP contribution < -0.4 is 4.74 Å². The summed E-state index contributed by atoms with van der Waals surface area (Å²) in [6.07, 6.45) is 0. The molecule has 0 aliphatic carbocycles. The van der Waals surface area contributed by atoms with Gasteiger partial charge >= 0.3 is 0 Å². The summed E-state index contributed by atoms with van der Waals surface area (Å²) < 4.78 is 6.24. The van der Waals surface area contributed by atoms with Crippen LogP contribution in [0.4, 0.5) is 0 Å². The predicted octanol–water partition coefficient (Wildman–Crippen LogP) is 9.10. The van der Waals surface area contributed by atoms with Crippen LogP contribution >= 0.6 is 0 Å². The Morgan fingerprint density at radius 2 is 1.03 bits per heavy atom. The van der Waals surface area contributed by atoms with E-state index in [9.17, 15) is 0 Å². The summed E-state index contributed by atoms with van der Waals surface area (Å²) in [5, 5.41) is 4.91. The largest absolute Gasteiger partial charge is 0.456 e. The topological polar surface area (TPSA) is 9.23 Å². The Morgan fingerprint density at radius 3 is 1.97 bits per heavy atom. The zero-order valence-electron chi connectivity index (χ0n) is 18.0. The zero-order valence-corrected chi connectivity index (χ0v) is 18.0. The van der Waals surface area contributed by atoms with E-state index in [2.05, 4.69) is 109 Å². The molecule has 1 aliphatic rings. The molecule has 1 heterocycles. The smallest absolute Gasteiger partial charge is 0.135 e. The number of para-hydroxylation sites is 1. The Labute approximate surface area is 192 Å². The maximum Gasteiger partial charge on any atom is 0.135 e. The van der Waals surface area contributed by atoms with Crippen LogP contribution in [0.5, 0.6) is 11.5 Å². The van der Waals surface area contributed by atoms with Gasteiger partial charge < -0.3 is 4.74 Å². The van der Waals surface area contributed by atoms with Crippen LogP contribution in [0.15, 0.2) is 121 Å². The molecule has 1 heteroatoms. The lowest BCUT2D eigenvalue weighted by atomic mass is 9.87. The Bertz CT molecular complexity index is 1690. The van der Waals surface area contributed by atoms with Gasteiger partial charge in [0.2, 0.25) is 0 Å². The standard InChI is InChI=1S/C32H20O/c1-2-12-24-21(9-1)10-7-16-27(24)26-14-4-3-13-25(26)23-19-22-11-8-18-31-32(22)29(20-23)28-15-5-6-17-30(28)33-31/h1-20H. The van der Waals surface area contributed by atoms with Crippen LogP contribution in [0.3, 0.4) is 0 Å². The van der Waals surface area contributed by atoms with Gasteiger partial charge in [0.15, 0.2) is 0 Å². The van der Waals surface area contributed by atoms with Crippen molar-refractivity contribution in [2.24, 2.45) is 0 Å². The lowest BCUT2D eigenvalue weighted by Gasteiger charge is -2.22. The molecule has 1 aliphatic heterocycles. The number of hydrogen-bond acceptors (Lipinski definition) is 1. The molecule has 154 valence electrons. The highest BCUT2D eigenvalue weighted by atomic mass is 16.5. The molecule has 6 aromatic rings. The first-order valence-corrected chi connectivity index (χ1v) is 11.3. The summed E-state index contributed by atoms with van der Waals surface area (Å²) in [5.74, 6) is 1.84. The summed E-state index contributed by atoms with van der Waals surface area (Å²) in [6, 6.07) is 43.2. The highest BCUT2D eigenvalue weighted by molar-refractivity contribution is 6.08. The number of rotatable bonds is 2. The Morgan fingerprint density at radius 1 is 0.394 bits per heavy atom. The lowest BCUT2D eigenvalue weighted by molar-refractivity contribution is 0.487. The van der Waals surface area contributed by atoms with Crippen molar-refractivity contribution < 1.29 is 4.74 Å². The average Bonchev–Trinajstić information content (AvgIpc) is 2.88. The van der Waals surface area contributed by atoms with E-state index < -0.39 is 0 Å². The molecule has 0 amide bonds. The van der Waals surface area contributed by atoms with Crippen molar-refractivity contribution in [3.8, 4) is 44.9 Å². The Balaban J connectivity index is 1.53. The first-order valence-electron chi connectivity index (χ1n) is 11.3. The van der Waals surface area contributed by atoms with Crippen molar-refractivity contribution in [3.63, 3.8) is 0 Å². The van der Waals surface area contributed by atoms with E-state index >= 15 is 0 Å². The summed E-state index contributed by atoms with van der Waals surface area (Å²) >= 11 is 0. The van der Waals surface area contributed by atoms with Gasteiger partial charge in [-0.05, 0) is 68.2 Å². The fourth-order valence-electron chi connectivity index (χ4n) is 5.17. The van der Waals surface area contributed by atoms with Crippen LogP contribution in [0.25, 0.3) is 54.9 Å². The third-order valence-electron chi connectivity index (χ3n) is 6.65. The highest BCUT2D eigenvalue weighted by Crippen LogP contribution is 2.48. The summed E-state index contributed by atoms with van der Waals surface area (Å²) in [5.41, 5.74) is 7.34. The second-order valence-electron chi connectivity index (χ2n) is 8.55. The molecule has 0 bridgehead atoms. The van der Waals surface area contributed by atoms with E-state index in [1.807, 2.05) is 12.1 Å². The first kappa shape index (κ1) is 18.2. The van der Waals surface area contributed by atoms with E-state index in [4.69, 9.17) is 4.74 Å². The molecule has 0 saturated heterocycles. The van der Waals surface area contributed by atoms with Crippen molar-refractivity contribution in [1.29, 1.82) is 0 Å². The molecule has 6 aromatic carbocycles.